The summed E-state index contributed by atoms with van der Waals surface area (Å²) in [7, 11) is 0. The Kier molecular flexibility index (Phi) is 9.54. The molecule has 1 N–H and O–H groups in total. The van der Waals surface area contributed by atoms with E-state index in [9.17, 15) is 22.4 Å². The molecule has 0 radical (unpaired) electrons. The molecule has 0 bridgehead atoms. The van der Waals surface area contributed by atoms with E-state index >= 15 is 0 Å². The van der Waals surface area contributed by atoms with Gasteiger partial charge in [0, 0.05) is 17.5 Å². The Morgan fingerprint density at radius 3 is 2.38 bits per heavy atom. The molecule has 0 heterocycles. The van der Waals surface area contributed by atoms with Crippen LogP contribution < -0.4 is 4.74 Å². The van der Waals surface area contributed by atoms with Crippen LogP contribution in [0.5, 0.6) is 5.75 Å². The van der Waals surface area contributed by atoms with Crippen molar-refractivity contribution in [3.63, 3.8) is 0 Å². The van der Waals surface area contributed by atoms with E-state index in [1.807, 2.05) is 6.07 Å². The third kappa shape index (κ3) is 7.43. The highest BCUT2D eigenvalue weighted by molar-refractivity contribution is 5.70. The lowest BCUT2D eigenvalue weighted by molar-refractivity contribution is -0.136. The number of ether oxygens (including phenoxy) is 1. The molecule has 214 valence electrons. The molecule has 0 amide bonds. The third-order valence-corrected chi connectivity index (χ3v) is 7.68. The summed E-state index contributed by atoms with van der Waals surface area (Å²) in [6.45, 7) is 4.35. The SMILES string of the molecule is C1CC1.CC1(C)CCCC1c1cc(COc2cccc(CCC(=O)O)c2F)ccc1-c1cc(C(F)F)ccc1F. The molecule has 5 rings (SSSR count). The predicted octanol–water partition coefficient (Wildman–Crippen LogP) is 9.63. The van der Waals surface area contributed by atoms with Crippen molar-refractivity contribution < 1.29 is 32.2 Å². The number of hydrogen-bond donors (Lipinski definition) is 1. The Morgan fingerprint density at radius 2 is 1.75 bits per heavy atom. The lowest BCUT2D eigenvalue weighted by atomic mass is 9.75. The number of alkyl halides is 2. The van der Waals surface area contributed by atoms with Gasteiger partial charge in [0.05, 0.1) is 0 Å². The van der Waals surface area contributed by atoms with Crippen LogP contribution in [-0.2, 0) is 17.8 Å². The zero-order valence-corrected chi connectivity index (χ0v) is 23.0. The fourth-order valence-corrected chi connectivity index (χ4v) is 5.29. The second-order valence-corrected chi connectivity index (χ2v) is 11.4. The average molecular weight is 557 g/mol. The first-order valence-corrected chi connectivity index (χ1v) is 13.9. The van der Waals surface area contributed by atoms with Crippen LogP contribution in [0.1, 0.15) is 93.4 Å². The molecule has 7 heteroatoms. The first-order valence-electron chi connectivity index (χ1n) is 13.9. The van der Waals surface area contributed by atoms with Crippen molar-refractivity contribution >= 4 is 5.97 Å². The van der Waals surface area contributed by atoms with E-state index in [2.05, 4.69) is 13.8 Å². The fraction of sp³-hybridized carbons (Fsp3) is 0.424. The Hall–Kier alpha value is -3.35. The monoisotopic (exact) mass is 556 g/mol. The predicted molar refractivity (Wildman–Crippen MR) is 148 cm³/mol. The summed E-state index contributed by atoms with van der Waals surface area (Å²) >= 11 is 0. The molecule has 3 aromatic rings. The third-order valence-electron chi connectivity index (χ3n) is 7.68. The van der Waals surface area contributed by atoms with E-state index in [0.29, 0.717) is 5.56 Å². The van der Waals surface area contributed by atoms with E-state index in [1.165, 1.54) is 37.5 Å². The number of carboxylic acids is 1. The first kappa shape index (κ1) is 29.6. The lowest BCUT2D eigenvalue weighted by Gasteiger charge is -2.30. The number of halogens is 4. The number of aliphatic carboxylic acids is 1. The lowest BCUT2D eigenvalue weighted by Crippen LogP contribution is -2.17. The van der Waals surface area contributed by atoms with Crippen molar-refractivity contribution in [2.75, 3.05) is 0 Å². The van der Waals surface area contributed by atoms with Gasteiger partial charge >= 0.3 is 5.97 Å². The molecule has 2 saturated carbocycles. The second kappa shape index (κ2) is 12.9. The molecule has 40 heavy (non-hydrogen) atoms. The summed E-state index contributed by atoms with van der Waals surface area (Å²) in [6, 6.07) is 13.4. The highest BCUT2D eigenvalue weighted by atomic mass is 19.3. The van der Waals surface area contributed by atoms with Gasteiger partial charge in [-0.1, -0.05) is 75.9 Å². The van der Waals surface area contributed by atoms with Gasteiger partial charge in [-0.25, -0.2) is 17.6 Å². The molecule has 0 aliphatic heterocycles. The van der Waals surface area contributed by atoms with E-state index in [-0.39, 0.29) is 53.2 Å². The number of carboxylic acid groups (broad SMARTS) is 1. The van der Waals surface area contributed by atoms with Gasteiger partial charge in [0.1, 0.15) is 12.4 Å². The Balaban J connectivity index is 0.00000115. The summed E-state index contributed by atoms with van der Waals surface area (Å²) in [5.74, 6) is -2.06. The van der Waals surface area contributed by atoms with Crippen molar-refractivity contribution in [3.8, 4) is 16.9 Å². The van der Waals surface area contributed by atoms with Gasteiger partial charge in [0.25, 0.3) is 6.43 Å². The maximum atomic E-state index is 14.9. The van der Waals surface area contributed by atoms with Gasteiger partial charge in [-0.15, -0.1) is 0 Å². The van der Waals surface area contributed by atoms with Crippen LogP contribution in [0.3, 0.4) is 0 Å². The summed E-state index contributed by atoms with van der Waals surface area (Å²) < 4.78 is 62.3. The molecule has 3 aromatic carbocycles. The zero-order valence-electron chi connectivity index (χ0n) is 23.0. The molecule has 1 unspecified atom stereocenters. The van der Waals surface area contributed by atoms with Crippen LogP contribution in [0.25, 0.3) is 11.1 Å². The maximum Gasteiger partial charge on any atom is 0.303 e. The molecule has 0 saturated heterocycles. The van der Waals surface area contributed by atoms with E-state index < -0.39 is 24.0 Å². The Bertz CT molecular complexity index is 1330. The number of carbonyl (C=O) groups is 1. The van der Waals surface area contributed by atoms with Gasteiger partial charge in [0.2, 0.25) is 0 Å². The molecule has 2 aliphatic carbocycles. The van der Waals surface area contributed by atoms with Gasteiger partial charge in [0.15, 0.2) is 11.6 Å². The van der Waals surface area contributed by atoms with Crippen molar-refractivity contribution in [1.29, 1.82) is 0 Å². The maximum absolute atomic E-state index is 14.9. The van der Waals surface area contributed by atoms with Gasteiger partial charge < -0.3 is 9.84 Å². The fourth-order valence-electron chi connectivity index (χ4n) is 5.29. The molecule has 2 aliphatic rings. The minimum atomic E-state index is -2.71. The van der Waals surface area contributed by atoms with Gasteiger partial charge in [-0.05, 0) is 71.0 Å². The Labute approximate surface area is 233 Å². The second-order valence-electron chi connectivity index (χ2n) is 11.4. The van der Waals surface area contributed by atoms with Crippen molar-refractivity contribution in [2.45, 2.75) is 84.2 Å². The standard InChI is InChI=1S/C30H30F4O3.C3H6/c1-30(2)14-4-6-24(30)22-15-18(8-11-21(22)23-16-20(29(33)34)9-12-25(23)31)17-37-26-7-3-5-19(28(26)32)10-13-27(35)36;1-2-3-1/h3,5,7-9,11-12,15-16,24,29H,4,6,10,13-14,17H2,1-2H3,(H,35,36);1-3H2. The van der Waals surface area contributed by atoms with Crippen LogP contribution in [0, 0.1) is 17.0 Å². The number of rotatable bonds is 9. The molecular weight excluding hydrogens is 520 g/mol. The van der Waals surface area contributed by atoms with Crippen LogP contribution in [0.15, 0.2) is 54.6 Å². The van der Waals surface area contributed by atoms with Crippen molar-refractivity contribution in [1.82, 2.24) is 0 Å². The number of hydrogen-bond acceptors (Lipinski definition) is 2. The van der Waals surface area contributed by atoms with Crippen LogP contribution in [0.2, 0.25) is 0 Å². The normalized spacial score (nSPS) is 17.3. The minimum absolute atomic E-state index is 0.0189. The largest absolute Gasteiger partial charge is 0.486 e. The van der Waals surface area contributed by atoms with Crippen molar-refractivity contribution in [3.05, 3.63) is 88.5 Å². The minimum Gasteiger partial charge on any atom is -0.486 e. The molecule has 0 aromatic heterocycles. The van der Waals surface area contributed by atoms with Crippen molar-refractivity contribution in [2.24, 2.45) is 5.41 Å². The van der Waals surface area contributed by atoms with Crippen LogP contribution in [-0.4, -0.2) is 11.1 Å². The average Bonchev–Trinajstić information content (AvgIpc) is 3.76. The van der Waals surface area contributed by atoms with E-state index in [0.717, 1.165) is 42.5 Å². The topological polar surface area (TPSA) is 46.5 Å². The summed E-state index contributed by atoms with van der Waals surface area (Å²) in [4.78, 5) is 10.9. The zero-order chi connectivity index (χ0) is 28.9. The number of aryl methyl sites for hydroxylation is 1. The first-order chi connectivity index (χ1) is 19.1. The molecule has 2 fully saturated rings. The molecule has 3 nitrogen and oxygen atoms in total. The van der Waals surface area contributed by atoms with Crippen LogP contribution in [0.4, 0.5) is 17.6 Å². The summed E-state index contributed by atoms with van der Waals surface area (Å²) in [5.41, 5.74) is 2.28. The number of benzene rings is 3. The highest BCUT2D eigenvalue weighted by Crippen LogP contribution is 2.51. The smallest absolute Gasteiger partial charge is 0.303 e. The van der Waals surface area contributed by atoms with Gasteiger partial charge in [-0.2, -0.15) is 0 Å². The quantitative estimate of drug-likeness (QED) is 0.267. The molecular formula is C33H36F4O3. The van der Waals surface area contributed by atoms with Crippen LogP contribution >= 0.6 is 0 Å². The Morgan fingerprint density at radius 1 is 1.00 bits per heavy atom. The summed E-state index contributed by atoms with van der Waals surface area (Å²) in [5, 5.41) is 8.89. The summed E-state index contributed by atoms with van der Waals surface area (Å²) in [6.07, 6.45) is 4.54. The van der Waals surface area contributed by atoms with E-state index in [4.69, 9.17) is 9.84 Å². The van der Waals surface area contributed by atoms with Gasteiger partial charge in [-0.3, -0.25) is 4.79 Å². The highest BCUT2D eigenvalue weighted by Gasteiger charge is 2.37. The molecule has 1 atom stereocenters. The molecule has 0 spiro atoms. The van der Waals surface area contributed by atoms with E-state index in [1.54, 1.807) is 18.2 Å².